The maximum absolute atomic E-state index is 10.8. The number of thioether (sulfide) groups is 1. The third-order valence-corrected chi connectivity index (χ3v) is 3.49. The first-order valence-electron chi connectivity index (χ1n) is 5.85. The lowest BCUT2D eigenvalue weighted by atomic mass is 10.0. The van der Waals surface area contributed by atoms with E-state index in [0.29, 0.717) is 23.3 Å². The minimum Gasteiger partial charge on any atom is -0.390 e. The van der Waals surface area contributed by atoms with Crippen LogP contribution in [0.15, 0.2) is 24.3 Å². The number of carbonyl (C=O) groups is 1. The standard InChI is InChI=1S/C13H18N2O3S/c1-8(16)19-7-6-11(17)12(18)9-2-4-10(5-3-9)13(14)15/h2-5,11-12,17-18H,6-7H2,1H3,(H3,14,15). The highest BCUT2D eigenvalue weighted by atomic mass is 32.2. The summed E-state index contributed by atoms with van der Waals surface area (Å²) in [4.78, 5) is 10.8. The van der Waals surface area contributed by atoms with E-state index in [9.17, 15) is 15.0 Å². The second kappa shape index (κ2) is 7.28. The molecular weight excluding hydrogens is 264 g/mol. The van der Waals surface area contributed by atoms with Gasteiger partial charge in [-0.1, -0.05) is 36.0 Å². The molecule has 0 saturated heterocycles. The Labute approximate surface area is 116 Å². The van der Waals surface area contributed by atoms with Crippen molar-refractivity contribution in [3.8, 4) is 0 Å². The first kappa shape index (κ1) is 15.7. The van der Waals surface area contributed by atoms with Crippen LogP contribution in [0.3, 0.4) is 0 Å². The molecule has 0 radical (unpaired) electrons. The normalized spacial score (nSPS) is 13.8. The van der Waals surface area contributed by atoms with Crippen LogP contribution in [0.1, 0.15) is 30.6 Å². The van der Waals surface area contributed by atoms with Crippen molar-refractivity contribution >= 4 is 22.7 Å². The molecule has 2 unspecified atom stereocenters. The fraction of sp³-hybridized carbons (Fsp3) is 0.385. The minimum absolute atomic E-state index is 0.00694. The van der Waals surface area contributed by atoms with Gasteiger partial charge in [0.25, 0.3) is 0 Å². The molecule has 0 amide bonds. The summed E-state index contributed by atoms with van der Waals surface area (Å²) < 4.78 is 0. The number of nitrogens with one attached hydrogen (secondary N) is 1. The summed E-state index contributed by atoms with van der Waals surface area (Å²) in [5.74, 6) is 0.429. The number of nitrogens with two attached hydrogens (primary N) is 1. The van der Waals surface area contributed by atoms with Crippen molar-refractivity contribution in [3.63, 3.8) is 0 Å². The van der Waals surface area contributed by atoms with E-state index in [1.54, 1.807) is 24.3 Å². The molecule has 104 valence electrons. The van der Waals surface area contributed by atoms with Crippen molar-refractivity contribution in [2.45, 2.75) is 25.6 Å². The van der Waals surface area contributed by atoms with Crippen molar-refractivity contribution in [3.05, 3.63) is 35.4 Å². The summed E-state index contributed by atoms with van der Waals surface area (Å²) in [6, 6.07) is 6.50. The van der Waals surface area contributed by atoms with Crippen LogP contribution in [0, 0.1) is 5.41 Å². The van der Waals surface area contributed by atoms with Gasteiger partial charge in [-0.3, -0.25) is 10.2 Å². The van der Waals surface area contributed by atoms with E-state index in [2.05, 4.69) is 0 Å². The van der Waals surface area contributed by atoms with Crippen LogP contribution in [0.25, 0.3) is 0 Å². The number of nitrogen functional groups attached to an aromatic ring is 1. The number of benzene rings is 1. The fourth-order valence-corrected chi connectivity index (χ4v) is 2.21. The molecule has 0 bridgehead atoms. The number of rotatable bonds is 6. The Morgan fingerprint density at radius 3 is 2.42 bits per heavy atom. The lowest BCUT2D eigenvalue weighted by Gasteiger charge is -2.18. The Kier molecular flexibility index (Phi) is 6.01. The largest absolute Gasteiger partial charge is 0.390 e. The van der Waals surface area contributed by atoms with Gasteiger partial charge in [-0.05, 0) is 12.0 Å². The van der Waals surface area contributed by atoms with E-state index in [-0.39, 0.29) is 11.0 Å². The Bertz CT molecular complexity index is 448. The molecule has 0 aromatic heterocycles. The number of carbonyl (C=O) groups excluding carboxylic acids is 1. The van der Waals surface area contributed by atoms with Gasteiger partial charge in [-0.25, -0.2) is 0 Å². The SMILES string of the molecule is CC(=O)SCCC(O)C(O)c1ccc(C(=N)N)cc1. The van der Waals surface area contributed by atoms with Gasteiger partial charge in [0.2, 0.25) is 0 Å². The predicted molar refractivity (Wildman–Crippen MR) is 76.2 cm³/mol. The van der Waals surface area contributed by atoms with Gasteiger partial charge in [0.05, 0.1) is 6.10 Å². The van der Waals surface area contributed by atoms with Crippen molar-refractivity contribution in [1.82, 2.24) is 0 Å². The van der Waals surface area contributed by atoms with Crippen molar-refractivity contribution in [2.75, 3.05) is 5.75 Å². The van der Waals surface area contributed by atoms with E-state index < -0.39 is 12.2 Å². The lowest BCUT2D eigenvalue weighted by Crippen LogP contribution is -2.19. The zero-order chi connectivity index (χ0) is 14.4. The van der Waals surface area contributed by atoms with Crippen LogP contribution in [0.2, 0.25) is 0 Å². The first-order chi connectivity index (χ1) is 8.91. The van der Waals surface area contributed by atoms with Gasteiger partial charge in [0, 0.05) is 18.2 Å². The third kappa shape index (κ3) is 5.02. The van der Waals surface area contributed by atoms with Crippen LogP contribution in [0.4, 0.5) is 0 Å². The topological polar surface area (TPSA) is 107 Å². The van der Waals surface area contributed by atoms with Crippen molar-refractivity contribution in [2.24, 2.45) is 5.73 Å². The van der Waals surface area contributed by atoms with Gasteiger partial charge in [0.1, 0.15) is 11.9 Å². The number of amidine groups is 1. The van der Waals surface area contributed by atoms with E-state index in [1.165, 1.54) is 6.92 Å². The molecule has 1 rings (SSSR count). The summed E-state index contributed by atoms with van der Waals surface area (Å²) in [7, 11) is 0. The van der Waals surface area contributed by atoms with Crippen molar-refractivity contribution < 1.29 is 15.0 Å². The average Bonchev–Trinajstić information content (AvgIpc) is 2.37. The van der Waals surface area contributed by atoms with Gasteiger partial charge >= 0.3 is 0 Å². The summed E-state index contributed by atoms with van der Waals surface area (Å²) in [6.07, 6.45) is -1.59. The van der Waals surface area contributed by atoms with Gasteiger partial charge < -0.3 is 15.9 Å². The molecule has 1 aromatic carbocycles. The van der Waals surface area contributed by atoms with Crippen LogP contribution in [-0.4, -0.2) is 33.0 Å². The molecule has 0 fully saturated rings. The van der Waals surface area contributed by atoms with Gasteiger partial charge in [-0.15, -0.1) is 0 Å². The molecule has 6 heteroatoms. The Morgan fingerprint density at radius 2 is 1.95 bits per heavy atom. The summed E-state index contributed by atoms with van der Waals surface area (Å²) >= 11 is 1.12. The quantitative estimate of drug-likeness (QED) is 0.460. The Balaban J connectivity index is 2.58. The number of aliphatic hydroxyl groups excluding tert-OH is 2. The predicted octanol–water partition coefficient (Wildman–Crippen LogP) is 1.03. The number of hydrogen-bond acceptors (Lipinski definition) is 5. The summed E-state index contributed by atoms with van der Waals surface area (Å²) in [5.41, 5.74) is 6.46. The molecule has 0 aliphatic carbocycles. The third-order valence-electron chi connectivity index (χ3n) is 2.65. The molecule has 1 aromatic rings. The fourth-order valence-electron chi connectivity index (χ4n) is 1.56. The van der Waals surface area contributed by atoms with E-state index in [0.717, 1.165) is 11.8 Å². The second-order valence-electron chi connectivity index (χ2n) is 4.18. The molecule has 0 saturated carbocycles. The molecular formula is C13H18N2O3S. The zero-order valence-corrected chi connectivity index (χ0v) is 11.5. The zero-order valence-electron chi connectivity index (χ0n) is 10.7. The first-order valence-corrected chi connectivity index (χ1v) is 6.84. The van der Waals surface area contributed by atoms with Crippen molar-refractivity contribution in [1.29, 1.82) is 5.41 Å². The minimum atomic E-state index is -1.01. The average molecular weight is 282 g/mol. The van der Waals surface area contributed by atoms with E-state index in [4.69, 9.17) is 11.1 Å². The molecule has 5 N–H and O–H groups in total. The molecule has 0 spiro atoms. The highest BCUT2D eigenvalue weighted by Crippen LogP contribution is 2.21. The lowest BCUT2D eigenvalue weighted by molar-refractivity contribution is -0.109. The monoisotopic (exact) mass is 282 g/mol. The Morgan fingerprint density at radius 1 is 1.37 bits per heavy atom. The maximum atomic E-state index is 10.8. The highest BCUT2D eigenvalue weighted by molar-refractivity contribution is 8.13. The van der Waals surface area contributed by atoms with Crippen LogP contribution >= 0.6 is 11.8 Å². The van der Waals surface area contributed by atoms with E-state index >= 15 is 0 Å². The molecule has 0 heterocycles. The second-order valence-corrected chi connectivity index (χ2v) is 5.45. The molecule has 0 aliphatic rings. The highest BCUT2D eigenvalue weighted by Gasteiger charge is 2.18. The van der Waals surface area contributed by atoms with Crippen LogP contribution in [0.5, 0.6) is 0 Å². The molecule has 19 heavy (non-hydrogen) atoms. The number of aliphatic hydroxyl groups is 2. The van der Waals surface area contributed by atoms with Crippen LogP contribution < -0.4 is 5.73 Å². The van der Waals surface area contributed by atoms with E-state index in [1.807, 2.05) is 0 Å². The smallest absolute Gasteiger partial charge is 0.185 e. The van der Waals surface area contributed by atoms with Gasteiger partial charge in [-0.2, -0.15) is 0 Å². The molecule has 5 nitrogen and oxygen atoms in total. The molecule has 0 aliphatic heterocycles. The van der Waals surface area contributed by atoms with Crippen LogP contribution in [-0.2, 0) is 4.79 Å². The van der Waals surface area contributed by atoms with Gasteiger partial charge in [0.15, 0.2) is 5.12 Å². The molecule has 2 atom stereocenters. The summed E-state index contributed by atoms with van der Waals surface area (Å²) in [5, 5.41) is 27.0. The Hall–Kier alpha value is -1.37. The summed E-state index contributed by atoms with van der Waals surface area (Å²) in [6.45, 7) is 1.47. The number of hydrogen-bond donors (Lipinski definition) is 4. The maximum Gasteiger partial charge on any atom is 0.185 e.